The van der Waals surface area contributed by atoms with Crippen molar-refractivity contribution in [1.82, 2.24) is 10.2 Å². The van der Waals surface area contributed by atoms with E-state index in [-0.39, 0.29) is 35.2 Å². The summed E-state index contributed by atoms with van der Waals surface area (Å²) in [7, 11) is 3.89. The van der Waals surface area contributed by atoms with Crippen LogP contribution in [0.25, 0.3) is 0 Å². The van der Waals surface area contributed by atoms with Crippen molar-refractivity contribution < 1.29 is 13.9 Å². The van der Waals surface area contributed by atoms with Gasteiger partial charge in [-0.05, 0) is 37.0 Å². The van der Waals surface area contributed by atoms with Gasteiger partial charge >= 0.3 is 0 Å². The number of aliphatic imine (C=N–C) groups is 1. The van der Waals surface area contributed by atoms with E-state index in [0.717, 1.165) is 70.3 Å². The molecule has 0 aliphatic carbocycles. The first-order valence-electron chi connectivity index (χ1n) is 9.46. The van der Waals surface area contributed by atoms with Gasteiger partial charge in [0.2, 0.25) is 0 Å². The molecular weight excluding hydrogens is 460 g/mol. The summed E-state index contributed by atoms with van der Waals surface area (Å²) in [4.78, 5) is 6.63. The van der Waals surface area contributed by atoms with Gasteiger partial charge in [-0.1, -0.05) is 12.1 Å². The first-order valence-corrected chi connectivity index (χ1v) is 9.46. The van der Waals surface area contributed by atoms with Crippen LogP contribution < -0.4 is 5.32 Å². The molecule has 2 saturated heterocycles. The zero-order chi connectivity index (χ0) is 18.4. The van der Waals surface area contributed by atoms with E-state index in [1.54, 1.807) is 12.1 Å². The maximum Gasteiger partial charge on any atom is 0.193 e. The fraction of sp³-hybridized carbons (Fsp3) is 0.650. The third-order valence-electron chi connectivity index (χ3n) is 5.62. The lowest BCUT2D eigenvalue weighted by Gasteiger charge is -2.39. The van der Waals surface area contributed by atoms with Crippen molar-refractivity contribution >= 4 is 29.9 Å². The number of halogens is 2. The van der Waals surface area contributed by atoms with E-state index in [2.05, 4.69) is 22.3 Å². The van der Waals surface area contributed by atoms with Crippen LogP contribution in [0.4, 0.5) is 4.39 Å². The van der Waals surface area contributed by atoms with Crippen LogP contribution in [0.2, 0.25) is 0 Å². The number of nitrogens with one attached hydrogen (secondary N) is 1. The maximum absolute atomic E-state index is 13.4. The van der Waals surface area contributed by atoms with Crippen molar-refractivity contribution in [2.45, 2.75) is 24.7 Å². The monoisotopic (exact) mass is 491 g/mol. The molecule has 2 fully saturated rings. The molecule has 2 aliphatic heterocycles. The fourth-order valence-electron chi connectivity index (χ4n) is 3.97. The number of ether oxygens (including phenoxy) is 2. The highest BCUT2D eigenvalue weighted by Gasteiger charge is 2.35. The van der Waals surface area contributed by atoms with Crippen LogP contribution in [0, 0.1) is 11.7 Å². The van der Waals surface area contributed by atoms with E-state index in [9.17, 15) is 4.39 Å². The summed E-state index contributed by atoms with van der Waals surface area (Å²) in [5.41, 5.74) is 1.11. The number of benzene rings is 1. The van der Waals surface area contributed by atoms with Crippen molar-refractivity contribution in [3.63, 3.8) is 0 Å². The van der Waals surface area contributed by atoms with Gasteiger partial charge in [0.15, 0.2) is 5.96 Å². The lowest BCUT2D eigenvalue weighted by Crippen LogP contribution is -2.49. The van der Waals surface area contributed by atoms with E-state index < -0.39 is 0 Å². The summed E-state index contributed by atoms with van der Waals surface area (Å²) in [5, 5.41) is 3.55. The summed E-state index contributed by atoms with van der Waals surface area (Å²) in [6.07, 6.45) is 2.95. The predicted octanol–water partition coefficient (Wildman–Crippen LogP) is 3.04. The van der Waals surface area contributed by atoms with Crippen molar-refractivity contribution in [3.05, 3.63) is 35.6 Å². The van der Waals surface area contributed by atoms with Gasteiger partial charge in [-0.2, -0.15) is 0 Å². The molecular formula is C20H31FIN3O2. The Morgan fingerprint density at radius 1 is 1.22 bits per heavy atom. The summed E-state index contributed by atoms with van der Waals surface area (Å²) < 4.78 is 24.4. The molecule has 5 nitrogen and oxygen atoms in total. The van der Waals surface area contributed by atoms with Gasteiger partial charge in [-0.3, -0.25) is 4.99 Å². The van der Waals surface area contributed by atoms with Gasteiger partial charge in [-0.15, -0.1) is 24.0 Å². The fourth-order valence-corrected chi connectivity index (χ4v) is 3.97. The highest BCUT2D eigenvalue weighted by molar-refractivity contribution is 14.0. The predicted molar refractivity (Wildman–Crippen MR) is 116 cm³/mol. The van der Waals surface area contributed by atoms with Crippen LogP contribution in [0.3, 0.4) is 0 Å². The van der Waals surface area contributed by atoms with Gasteiger partial charge in [0, 0.05) is 58.3 Å². The van der Waals surface area contributed by atoms with Crippen LogP contribution in [0.15, 0.2) is 29.3 Å². The minimum absolute atomic E-state index is 0. The van der Waals surface area contributed by atoms with E-state index >= 15 is 0 Å². The van der Waals surface area contributed by atoms with Gasteiger partial charge in [0.25, 0.3) is 0 Å². The lowest BCUT2D eigenvalue weighted by molar-refractivity contribution is 0.0511. The highest BCUT2D eigenvalue weighted by atomic mass is 127. The molecule has 1 unspecified atom stereocenters. The molecule has 0 bridgehead atoms. The van der Waals surface area contributed by atoms with Gasteiger partial charge in [0.05, 0.1) is 6.61 Å². The van der Waals surface area contributed by atoms with E-state index in [1.165, 1.54) is 0 Å². The second kappa shape index (κ2) is 10.6. The maximum atomic E-state index is 13.4. The molecule has 3 rings (SSSR count). The van der Waals surface area contributed by atoms with Crippen molar-refractivity contribution in [2.24, 2.45) is 10.9 Å². The Hall–Kier alpha value is -0.930. The molecule has 27 heavy (non-hydrogen) atoms. The first-order chi connectivity index (χ1) is 12.6. The first kappa shape index (κ1) is 22.4. The minimum Gasteiger partial charge on any atom is -0.381 e. The molecule has 2 aliphatic rings. The molecule has 1 aromatic carbocycles. The molecule has 1 atom stereocenters. The van der Waals surface area contributed by atoms with Crippen LogP contribution in [-0.2, 0) is 14.9 Å². The lowest BCUT2D eigenvalue weighted by atomic mass is 9.74. The summed E-state index contributed by atoms with van der Waals surface area (Å²) in [6, 6.07) is 6.91. The molecule has 7 heteroatoms. The minimum atomic E-state index is -0.196. The highest BCUT2D eigenvalue weighted by Crippen LogP contribution is 2.34. The summed E-state index contributed by atoms with van der Waals surface area (Å²) in [5.74, 6) is 1.26. The Balaban J connectivity index is 0.00000261. The van der Waals surface area contributed by atoms with Crippen LogP contribution in [-0.4, -0.2) is 64.5 Å². The van der Waals surface area contributed by atoms with Crippen molar-refractivity contribution in [2.75, 3.05) is 53.6 Å². The second-order valence-electron chi connectivity index (χ2n) is 7.41. The summed E-state index contributed by atoms with van der Waals surface area (Å²) in [6.45, 7) is 4.85. The number of hydrogen-bond acceptors (Lipinski definition) is 3. The van der Waals surface area contributed by atoms with Crippen LogP contribution in [0.5, 0.6) is 0 Å². The molecule has 1 aromatic rings. The zero-order valence-electron chi connectivity index (χ0n) is 16.2. The Morgan fingerprint density at radius 2 is 1.93 bits per heavy atom. The van der Waals surface area contributed by atoms with E-state index in [1.807, 2.05) is 19.2 Å². The number of hydrogen-bond donors (Lipinski definition) is 1. The molecule has 0 aromatic heterocycles. The smallest absolute Gasteiger partial charge is 0.193 e. The number of nitrogens with zero attached hydrogens (tertiary/aromatic N) is 2. The number of guanidine groups is 1. The Labute approximate surface area is 178 Å². The van der Waals surface area contributed by atoms with Gasteiger partial charge in [0.1, 0.15) is 5.82 Å². The normalized spacial score (nSPS) is 22.2. The summed E-state index contributed by atoms with van der Waals surface area (Å²) >= 11 is 0. The molecule has 0 saturated carbocycles. The van der Waals surface area contributed by atoms with Crippen molar-refractivity contribution in [3.8, 4) is 0 Å². The number of rotatable bonds is 5. The van der Waals surface area contributed by atoms with Crippen molar-refractivity contribution in [1.29, 1.82) is 0 Å². The molecule has 152 valence electrons. The molecule has 0 amide bonds. The van der Waals surface area contributed by atoms with Crippen LogP contribution in [0.1, 0.15) is 24.8 Å². The standard InChI is InChI=1S/C20H30FN3O2.HI/c1-22-19(24(2)13-16-7-10-26-14-16)23-15-20(8-11-25-12-9-20)17-3-5-18(21)6-4-17;/h3-6,16H,7-15H2,1-2H3,(H,22,23);1H. The van der Waals surface area contributed by atoms with Gasteiger partial charge < -0.3 is 19.7 Å². The molecule has 2 heterocycles. The van der Waals surface area contributed by atoms with Gasteiger partial charge in [-0.25, -0.2) is 4.39 Å². The topological polar surface area (TPSA) is 46.1 Å². The van der Waals surface area contributed by atoms with Crippen LogP contribution >= 0.6 is 24.0 Å². The Morgan fingerprint density at radius 3 is 2.52 bits per heavy atom. The third-order valence-corrected chi connectivity index (χ3v) is 5.62. The Bertz CT molecular complexity index is 600. The molecule has 0 spiro atoms. The molecule has 0 radical (unpaired) electrons. The third kappa shape index (κ3) is 5.77. The quantitative estimate of drug-likeness (QED) is 0.391. The Kier molecular flexibility index (Phi) is 8.75. The zero-order valence-corrected chi connectivity index (χ0v) is 18.6. The van der Waals surface area contributed by atoms with E-state index in [4.69, 9.17) is 9.47 Å². The average molecular weight is 491 g/mol. The average Bonchev–Trinajstić information content (AvgIpc) is 3.16. The second-order valence-corrected chi connectivity index (χ2v) is 7.41. The van der Waals surface area contributed by atoms with E-state index in [0.29, 0.717) is 5.92 Å². The largest absolute Gasteiger partial charge is 0.381 e. The molecule has 1 N–H and O–H groups in total. The SMILES string of the molecule is CN=C(NCC1(c2ccc(F)cc2)CCOCC1)N(C)CC1CCOC1.I.